The largest absolute Gasteiger partial charge is 0.493 e. The number of hydrogen-bond acceptors (Lipinski definition) is 6. The van der Waals surface area contributed by atoms with Crippen LogP contribution in [0, 0.1) is 5.92 Å². The number of aromatic nitrogens is 5. The fourth-order valence-electron chi connectivity index (χ4n) is 2.09. The predicted molar refractivity (Wildman–Crippen MR) is 87.5 cm³/mol. The highest BCUT2D eigenvalue weighted by molar-refractivity contribution is 5.42. The van der Waals surface area contributed by atoms with Gasteiger partial charge in [-0.05, 0) is 52.6 Å². The van der Waals surface area contributed by atoms with Crippen molar-refractivity contribution in [1.29, 1.82) is 0 Å². The lowest BCUT2D eigenvalue weighted by molar-refractivity contribution is 0.271. The second-order valence-electron chi connectivity index (χ2n) is 5.77. The zero-order valence-corrected chi connectivity index (χ0v) is 13.3. The molecule has 3 aromatic rings. The van der Waals surface area contributed by atoms with Crippen LogP contribution in [-0.4, -0.2) is 38.4 Å². The minimum Gasteiger partial charge on any atom is -0.493 e. The first-order valence-corrected chi connectivity index (χ1v) is 7.72. The van der Waals surface area contributed by atoms with Gasteiger partial charge in [0.25, 0.3) is 0 Å². The lowest BCUT2D eigenvalue weighted by Crippen LogP contribution is -2.08. The molecule has 0 atom stereocenters. The summed E-state index contributed by atoms with van der Waals surface area (Å²) in [7, 11) is 0. The number of ether oxygens (including phenoxy) is 1. The number of benzene rings is 1. The SMILES string of the molecule is CC(C)COc1ccc(CCNc2ccc3nnnn3n2)cc1. The number of fused-ring (bicyclic) bond motifs is 1. The Balaban J connectivity index is 1.49. The summed E-state index contributed by atoms with van der Waals surface area (Å²) < 4.78 is 7.09. The number of nitrogens with zero attached hydrogens (tertiary/aromatic N) is 5. The zero-order chi connectivity index (χ0) is 16.1. The van der Waals surface area contributed by atoms with Gasteiger partial charge in [0, 0.05) is 6.54 Å². The number of hydrogen-bond donors (Lipinski definition) is 1. The van der Waals surface area contributed by atoms with Gasteiger partial charge in [-0.15, -0.1) is 14.8 Å². The average Bonchev–Trinajstić information content (AvgIpc) is 3.02. The molecule has 0 bridgehead atoms. The Morgan fingerprint density at radius 3 is 2.74 bits per heavy atom. The van der Waals surface area contributed by atoms with E-state index >= 15 is 0 Å². The summed E-state index contributed by atoms with van der Waals surface area (Å²) in [6.07, 6.45) is 0.903. The Hall–Kier alpha value is -2.70. The fraction of sp³-hybridized carbons (Fsp3) is 0.375. The summed E-state index contributed by atoms with van der Waals surface area (Å²) >= 11 is 0. The summed E-state index contributed by atoms with van der Waals surface area (Å²) in [5.74, 6) is 2.20. The van der Waals surface area contributed by atoms with Crippen LogP contribution in [-0.2, 0) is 6.42 Å². The smallest absolute Gasteiger partial charge is 0.200 e. The van der Waals surface area contributed by atoms with Crippen LogP contribution in [0.1, 0.15) is 19.4 Å². The van der Waals surface area contributed by atoms with E-state index in [1.54, 1.807) is 0 Å². The molecule has 3 rings (SSSR count). The van der Waals surface area contributed by atoms with Crippen molar-refractivity contribution in [2.24, 2.45) is 5.92 Å². The van der Waals surface area contributed by atoms with Crippen LogP contribution in [0.5, 0.6) is 5.75 Å². The molecule has 0 aliphatic rings. The van der Waals surface area contributed by atoms with Gasteiger partial charge in [-0.25, -0.2) is 0 Å². The van der Waals surface area contributed by atoms with Crippen molar-refractivity contribution in [1.82, 2.24) is 25.3 Å². The molecule has 1 N–H and O–H groups in total. The van der Waals surface area contributed by atoms with E-state index in [4.69, 9.17) is 4.74 Å². The summed E-state index contributed by atoms with van der Waals surface area (Å²) in [5.41, 5.74) is 1.88. The summed E-state index contributed by atoms with van der Waals surface area (Å²) in [4.78, 5) is 0. The minimum atomic E-state index is 0.531. The van der Waals surface area contributed by atoms with Crippen molar-refractivity contribution in [2.45, 2.75) is 20.3 Å². The van der Waals surface area contributed by atoms with Crippen molar-refractivity contribution >= 4 is 11.5 Å². The molecule has 0 unspecified atom stereocenters. The van der Waals surface area contributed by atoms with Crippen LogP contribution in [0.3, 0.4) is 0 Å². The van der Waals surface area contributed by atoms with Crippen molar-refractivity contribution in [3.8, 4) is 5.75 Å². The van der Waals surface area contributed by atoms with Gasteiger partial charge in [0.2, 0.25) is 0 Å². The first-order chi connectivity index (χ1) is 11.2. The number of anilines is 1. The first-order valence-electron chi connectivity index (χ1n) is 7.72. The van der Waals surface area contributed by atoms with Crippen LogP contribution in [0.25, 0.3) is 5.65 Å². The van der Waals surface area contributed by atoms with Crippen molar-refractivity contribution in [3.05, 3.63) is 42.0 Å². The monoisotopic (exact) mass is 312 g/mol. The van der Waals surface area contributed by atoms with Gasteiger partial charge in [0.15, 0.2) is 5.65 Å². The number of rotatable bonds is 7. The van der Waals surface area contributed by atoms with E-state index in [9.17, 15) is 0 Å². The van der Waals surface area contributed by atoms with Crippen LogP contribution >= 0.6 is 0 Å². The second kappa shape index (κ2) is 7.04. The van der Waals surface area contributed by atoms with Gasteiger partial charge >= 0.3 is 0 Å². The molecular weight excluding hydrogens is 292 g/mol. The highest BCUT2D eigenvalue weighted by atomic mass is 16.5. The fourth-order valence-corrected chi connectivity index (χ4v) is 2.09. The average molecular weight is 312 g/mol. The molecule has 0 aliphatic carbocycles. The topological polar surface area (TPSA) is 77.2 Å². The molecule has 1 aromatic carbocycles. The Morgan fingerprint density at radius 1 is 1.13 bits per heavy atom. The second-order valence-corrected chi connectivity index (χ2v) is 5.77. The lowest BCUT2D eigenvalue weighted by Gasteiger charge is -2.09. The Labute approximate surface area is 134 Å². The quantitative estimate of drug-likeness (QED) is 0.721. The predicted octanol–water partition coefficient (Wildman–Crippen LogP) is 2.21. The van der Waals surface area contributed by atoms with Crippen LogP contribution in [0.15, 0.2) is 36.4 Å². The molecule has 2 aromatic heterocycles. The maximum Gasteiger partial charge on any atom is 0.200 e. The molecule has 0 saturated carbocycles. The molecule has 0 aliphatic heterocycles. The lowest BCUT2D eigenvalue weighted by atomic mass is 10.1. The molecule has 2 heterocycles. The van der Waals surface area contributed by atoms with Gasteiger partial charge in [0.05, 0.1) is 6.61 Å². The van der Waals surface area contributed by atoms with E-state index in [0.29, 0.717) is 11.6 Å². The normalized spacial score (nSPS) is 11.1. The van der Waals surface area contributed by atoms with E-state index in [-0.39, 0.29) is 0 Å². The summed E-state index contributed by atoms with van der Waals surface area (Å²) in [6.45, 7) is 5.81. The molecule has 0 amide bonds. The van der Waals surface area contributed by atoms with Crippen LogP contribution < -0.4 is 10.1 Å². The first kappa shape index (κ1) is 15.2. The Kier molecular flexibility index (Phi) is 4.65. The minimum absolute atomic E-state index is 0.531. The summed E-state index contributed by atoms with van der Waals surface area (Å²) in [5, 5.41) is 18.7. The van der Waals surface area contributed by atoms with Gasteiger partial charge in [-0.1, -0.05) is 26.0 Å². The van der Waals surface area contributed by atoms with Crippen LogP contribution in [0.4, 0.5) is 5.82 Å². The van der Waals surface area contributed by atoms with E-state index in [0.717, 1.165) is 31.1 Å². The third-order valence-corrected chi connectivity index (χ3v) is 3.30. The standard InChI is InChI=1S/C16H20N6O/c1-12(2)11-23-14-5-3-13(4-6-14)9-10-17-15-7-8-16-18-20-21-22(16)19-15/h3-8,12H,9-11H2,1-2H3,(H,17,19). The molecule has 0 fully saturated rings. The molecular formula is C16H20N6O. The molecule has 0 radical (unpaired) electrons. The van der Waals surface area contributed by atoms with Crippen molar-refractivity contribution in [3.63, 3.8) is 0 Å². The Bertz CT molecular complexity index is 753. The van der Waals surface area contributed by atoms with E-state index in [1.807, 2.05) is 24.3 Å². The van der Waals surface area contributed by atoms with Gasteiger partial charge in [-0.2, -0.15) is 0 Å². The van der Waals surface area contributed by atoms with Gasteiger partial charge in [0.1, 0.15) is 11.6 Å². The number of tetrazole rings is 1. The molecule has 7 heteroatoms. The van der Waals surface area contributed by atoms with E-state index in [1.165, 1.54) is 10.2 Å². The molecule has 23 heavy (non-hydrogen) atoms. The molecule has 120 valence electrons. The summed E-state index contributed by atoms with van der Waals surface area (Å²) in [6, 6.07) is 11.9. The molecule has 7 nitrogen and oxygen atoms in total. The van der Waals surface area contributed by atoms with Gasteiger partial charge < -0.3 is 10.1 Å². The van der Waals surface area contributed by atoms with Crippen LogP contribution in [0.2, 0.25) is 0 Å². The highest BCUT2D eigenvalue weighted by Gasteiger charge is 2.01. The van der Waals surface area contributed by atoms with Crippen molar-refractivity contribution in [2.75, 3.05) is 18.5 Å². The zero-order valence-electron chi connectivity index (χ0n) is 13.3. The van der Waals surface area contributed by atoms with E-state index < -0.39 is 0 Å². The maximum absolute atomic E-state index is 5.68. The number of nitrogens with one attached hydrogen (secondary N) is 1. The third-order valence-electron chi connectivity index (χ3n) is 3.30. The van der Waals surface area contributed by atoms with Gasteiger partial charge in [-0.3, -0.25) is 0 Å². The molecule has 0 saturated heterocycles. The van der Waals surface area contributed by atoms with Crippen molar-refractivity contribution < 1.29 is 4.74 Å². The maximum atomic E-state index is 5.68. The van der Waals surface area contributed by atoms with E-state index in [2.05, 4.69) is 51.9 Å². The molecule has 0 spiro atoms. The third kappa shape index (κ3) is 4.15. The highest BCUT2D eigenvalue weighted by Crippen LogP contribution is 2.14. The Morgan fingerprint density at radius 2 is 1.96 bits per heavy atom.